The molecule has 4 heterocycles. The number of nitrogens with zero attached hydrogens (tertiary/aromatic N) is 6. The maximum absolute atomic E-state index is 13.1. The lowest BCUT2D eigenvalue weighted by Gasteiger charge is -2.09. The first-order chi connectivity index (χ1) is 15.5. The molecule has 0 aliphatic rings. The number of carbonyl (C=O) groups is 1. The Kier molecular flexibility index (Phi) is 6.52. The van der Waals surface area contributed by atoms with Crippen molar-refractivity contribution < 1.29 is 14.1 Å². The van der Waals surface area contributed by atoms with E-state index >= 15 is 0 Å². The fourth-order valence-electron chi connectivity index (χ4n) is 3.56. The number of aromatic nitrogens is 6. The Hall–Kier alpha value is -3.24. The summed E-state index contributed by atoms with van der Waals surface area (Å²) in [7, 11) is 1.65. The number of ether oxygens (including phenoxy) is 1. The Bertz CT molecular complexity index is 1230. The van der Waals surface area contributed by atoms with E-state index in [0.717, 1.165) is 28.5 Å². The highest BCUT2D eigenvalue weighted by molar-refractivity contribution is 7.99. The number of pyridine rings is 1. The van der Waals surface area contributed by atoms with E-state index in [1.165, 1.54) is 11.8 Å². The van der Waals surface area contributed by atoms with Crippen LogP contribution in [0.2, 0.25) is 0 Å². The fraction of sp³-hybridized carbons (Fsp3) is 0.318. The van der Waals surface area contributed by atoms with Crippen LogP contribution in [-0.2, 0) is 11.3 Å². The number of hydrogen-bond donors (Lipinski definition) is 0. The summed E-state index contributed by atoms with van der Waals surface area (Å²) in [6, 6.07) is 7.50. The molecule has 0 aliphatic carbocycles. The number of rotatable bonds is 9. The SMILES string of the molecule is COCCn1c(SCC(=O)c2cc(C)n(-c3cc(C)on3)c2C)nnc1-c1ccncc1. The molecule has 0 unspecified atom stereocenters. The van der Waals surface area contributed by atoms with Gasteiger partial charge in [-0.25, -0.2) is 0 Å². The summed E-state index contributed by atoms with van der Waals surface area (Å²) in [6.45, 7) is 6.79. The molecule has 0 bridgehead atoms. The Morgan fingerprint density at radius 2 is 1.94 bits per heavy atom. The molecule has 4 aromatic rings. The topological polar surface area (TPSA) is 101 Å². The largest absolute Gasteiger partial charge is 0.383 e. The van der Waals surface area contributed by atoms with Crippen molar-refractivity contribution in [3.8, 4) is 17.2 Å². The lowest BCUT2D eigenvalue weighted by Crippen LogP contribution is -2.10. The Labute approximate surface area is 189 Å². The molecule has 4 aromatic heterocycles. The average molecular weight is 453 g/mol. The van der Waals surface area contributed by atoms with Crippen molar-refractivity contribution >= 4 is 17.5 Å². The number of ketones is 1. The third kappa shape index (κ3) is 4.37. The number of aryl methyl sites for hydroxylation is 2. The standard InChI is InChI=1S/C22H24N6O3S/c1-14-11-18(16(3)28(14)20-12-15(2)31-26-20)19(29)13-32-22-25-24-21(27(22)9-10-30-4)17-5-7-23-8-6-17/h5-8,11-12H,9-10,13H2,1-4H3. The van der Waals surface area contributed by atoms with Gasteiger partial charge in [0.1, 0.15) is 5.76 Å². The maximum atomic E-state index is 13.1. The smallest absolute Gasteiger partial charge is 0.192 e. The zero-order valence-corrected chi connectivity index (χ0v) is 19.2. The molecule has 0 N–H and O–H groups in total. The summed E-state index contributed by atoms with van der Waals surface area (Å²) >= 11 is 1.36. The predicted octanol–water partition coefficient (Wildman–Crippen LogP) is 3.67. The van der Waals surface area contributed by atoms with Crippen LogP contribution in [0.5, 0.6) is 0 Å². The Morgan fingerprint density at radius 3 is 2.62 bits per heavy atom. The fourth-order valence-corrected chi connectivity index (χ4v) is 4.41. The molecule has 0 radical (unpaired) electrons. The minimum atomic E-state index is 0.0151. The molecular weight excluding hydrogens is 428 g/mol. The van der Waals surface area contributed by atoms with Gasteiger partial charge in [0.2, 0.25) is 0 Å². The monoisotopic (exact) mass is 452 g/mol. The van der Waals surface area contributed by atoms with Gasteiger partial charge in [-0.05, 0) is 39.0 Å². The van der Waals surface area contributed by atoms with E-state index in [1.807, 2.05) is 54.2 Å². The Morgan fingerprint density at radius 1 is 1.16 bits per heavy atom. The van der Waals surface area contributed by atoms with Gasteiger partial charge in [-0.1, -0.05) is 16.9 Å². The van der Waals surface area contributed by atoms with Crippen molar-refractivity contribution in [1.82, 2.24) is 29.5 Å². The maximum Gasteiger partial charge on any atom is 0.192 e. The summed E-state index contributed by atoms with van der Waals surface area (Å²) < 4.78 is 14.3. The van der Waals surface area contributed by atoms with E-state index in [0.29, 0.717) is 29.7 Å². The zero-order chi connectivity index (χ0) is 22.7. The molecule has 0 aromatic carbocycles. The van der Waals surface area contributed by atoms with E-state index in [1.54, 1.807) is 19.5 Å². The van der Waals surface area contributed by atoms with Crippen LogP contribution in [0.4, 0.5) is 0 Å². The summed E-state index contributed by atoms with van der Waals surface area (Å²) in [5.41, 5.74) is 3.33. The van der Waals surface area contributed by atoms with Crippen molar-refractivity contribution in [3.05, 3.63) is 59.4 Å². The molecule has 0 saturated heterocycles. The molecule has 0 aliphatic heterocycles. The van der Waals surface area contributed by atoms with Crippen LogP contribution in [0.15, 0.2) is 46.3 Å². The molecule has 0 saturated carbocycles. The summed E-state index contributed by atoms with van der Waals surface area (Å²) in [5, 5.41) is 13.4. The highest BCUT2D eigenvalue weighted by atomic mass is 32.2. The first kappa shape index (κ1) is 22.0. The van der Waals surface area contributed by atoms with Gasteiger partial charge in [-0.3, -0.25) is 18.9 Å². The van der Waals surface area contributed by atoms with E-state index in [2.05, 4.69) is 20.3 Å². The molecule has 0 fully saturated rings. The highest BCUT2D eigenvalue weighted by Gasteiger charge is 2.20. The number of carbonyl (C=O) groups excluding carboxylic acids is 1. The van der Waals surface area contributed by atoms with Crippen molar-refractivity contribution in [2.75, 3.05) is 19.5 Å². The summed E-state index contributed by atoms with van der Waals surface area (Å²) in [5.74, 6) is 2.37. The van der Waals surface area contributed by atoms with Gasteiger partial charge >= 0.3 is 0 Å². The van der Waals surface area contributed by atoms with Gasteiger partial charge in [0.15, 0.2) is 22.6 Å². The molecule has 0 amide bonds. The quantitative estimate of drug-likeness (QED) is 0.280. The summed E-state index contributed by atoms with van der Waals surface area (Å²) in [6.07, 6.45) is 3.43. The second kappa shape index (κ2) is 9.49. The lowest BCUT2D eigenvalue weighted by molar-refractivity contribution is 0.102. The van der Waals surface area contributed by atoms with E-state index in [9.17, 15) is 4.79 Å². The van der Waals surface area contributed by atoms with Gasteiger partial charge in [0.05, 0.1) is 18.9 Å². The van der Waals surface area contributed by atoms with Gasteiger partial charge in [0, 0.05) is 48.1 Å². The Balaban J connectivity index is 1.55. The number of methoxy groups -OCH3 is 1. The van der Waals surface area contributed by atoms with Crippen LogP contribution in [0.1, 0.15) is 27.5 Å². The molecule has 0 spiro atoms. The van der Waals surface area contributed by atoms with Gasteiger partial charge in [-0.15, -0.1) is 10.2 Å². The van der Waals surface area contributed by atoms with E-state index in [-0.39, 0.29) is 11.5 Å². The van der Waals surface area contributed by atoms with Gasteiger partial charge < -0.3 is 9.26 Å². The van der Waals surface area contributed by atoms with Crippen LogP contribution < -0.4 is 0 Å². The van der Waals surface area contributed by atoms with E-state index < -0.39 is 0 Å². The molecular formula is C22H24N6O3S. The molecule has 10 heteroatoms. The van der Waals surface area contributed by atoms with Gasteiger partial charge in [-0.2, -0.15) is 0 Å². The number of Topliss-reactive ketones (excluding diaryl/α,β-unsaturated/α-hetero) is 1. The van der Waals surface area contributed by atoms with Crippen molar-refractivity contribution in [1.29, 1.82) is 0 Å². The molecule has 32 heavy (non-hydrogen) atoms. The van der Waals surface area contributed by atoms with Crippen molar-refractivity contribution in [3.63, 3.8) is 0 Å². The third-order valence-corrected chi connectivity index (χ3v) is 6.05. The number of thioether (sulfide) groups is 1. The first-order valence-electron chi connectivity index (χ1n) is 10.1. The van der Waals surface area contributed by atoms with Crippen molar-refractivity contribution in [2.45, 2.75) is 32.5 Å². The normalized spacial score (nSPS) is 11.2. The highest BCUT2D eigenvalue weighted by Crippen LogP contribution is 2.26. The van der Waals surface area contributed by atoms with Crippen LogP contribution in [0, 0.1) is 20.8 Å². The summed E-state index contributed by atoms with van der Waals surface area (Å²) in [4.78, 5) is 17.1. The average Bonchev–Trinajstić information content (AvgIpc) is 3.48. The third-order valence-electron chi connectivity index (χ3n) is 5.08. The lowest BCUT2D eigenvalue weighted by atomic mass is 10.2. The van der Waals surface area contributed by atoms with Gasteiger partial charge in [0.25, 0.3) is 0 Å². The second-order valence-corrected chi connectivity index (χ2v) is 8.26. The van der Waals surface area contributed by atoms with Crippen LogP contribution in [-0.4, -0.2) is 54.7 Å². The minimum absolute atomic E-state index is 0.0151. The molecule has 166 valence electrons. The molecule has 9 nitrogen and oxygen atoms in total. The molecule has 4 rings (SSSR count). The van der Waals surface area contributed by atoms with Crippen molar-refractivity contribution in [2.24, 2.45) is 0 Å². The predicted molar refractivity (Wildman–Crippen MR) is 120 cm³/mol. The van der Waals surface area contributed by atoms with Crippen LogP contribution in [0.25, 0.3) is 17.2 Å². The molecule has 0 atom stereocenters. The minimum Gasteiger partial charge on any atom is -0.383 e. The first-order valence-corrected chi connectivity index (χ1v) is 11.1. The van der Waals surface area contributed by atoms with E-state index in [4.69, 9.17) is 9.26 Å². The second-order valence-electron chi connectivity index (χ2n) is 7.31. The van der Waals surface area contributed by atoms with Crippen LogP contribution in [0.3, 0.4) is 0 Å². The van der Waals surface area contributed by atoms with Crippen LogP contribution >= 0.6 is 11.8 Å². The number of hydrogen-bond acceptors (Lipinski definition) is 8. The zero-order valence-electron chi connectivity index (χ0n) is 18.4.